The number of aryl methyl sites for hydroxylation is 1. The molecule has 100 valence electrons. The van der Waals surface area contributed by atoms with Gasteiger partial charge in [-0.2, -0.15) is 0 Å². The molecular formula is C13H13BrN2O2S. The number of hydrogen-bond donors (Lipinski definition) is 1. The van der Waals surface area contributed by atoms with Gasteiger partial charge in [0.25, 0.3) is 0 Å². The van der Waals surface area contributed by atoms with Crippen molar-refractivity contribution >= 4 is 31.5 Å². The van der Waals surface area contributed by atoms with Crippen LogP contribution in [-0.4, -0.2) is 13.4 Å². The van der Waals surface area contributed by atoms with Gasteiger partial charge in [-0.05, 0) is 36.2 Å². The van der Waals surface area contributed by atoms with Crippen LogP contribution in [0.25, 0.3) is 0 Å². The van der Waals surface area contributed by atoms with E-state index in [1.54, 1.807) is 30.6 Å². The third kappa shape index (κ3) is 3.33. The summed E-state index contributed by atoms with van der Waals surface area (Å²) in [6.45, 7) is 1.87. The molecule has 1 aromatic heterocycles. The Morgan fingerprint density at radius 1 is 1.26 bits per heavy atom. The number of anilines is 1. The van der Waals surface area contributed by atoms with E-state index in [-0.39, 0.29) is 16.3 Å². The average Bonchev–Trinajstić information content (AvgIpc) is 2.27. The largest absolute Gasteiger partial charge is 0.398 e. The lowest BCUT2D eigenvalue weighted by Gasteiger charge is -2.08. The maximum Gasteiger partial charge on any atom is 0.184 e. The lowest BCUT2D eigenvalue weighted by Crippen LogP contribution is -2.08. The smallest absolute Gasteiger partial charge is 0.184 e. The minimum Gasteiger partial charge on any atom is -0.398 e. The summed E-state index contributed by atoms with van der Waals surface area (Å²) in [5.74, 6) is -0.104. The summed E-state index contributed by atoms with van der Waals surface area (Å²) in [5.41, 5.74) is 7.59. The first kappa shape index (κ1) is 14.0. The van der Waals surface area contributed by atoms with Gasteiger partial charge in [-0.3, -0.25) is 4.98 Å². The fourth-order valence-corrected chi connectivity index (χ4v) is 3.62. The quantitative estimate of drug-likeness (QED) is 0.872. The van der Waals surface area contributed by atoms with Gasteiger partial charge in [0.15, 0.2) is 9.84 Å². The lowest BCUT2D eigenvalue weighted by atomic mass is 10.2. The van der Waals surface area contributed by atoms with Gasteiger partial charge in [-0.1, -0.05) is 22.0 Å². The van der Waals surface area contributed by atoms with Crippen molar-refractivity contribution in [1.29, 1.82) is 0 Å². The van der Waals surface area contributed by atoms with Gasteiger partial charge in [-0.15, -0.1) is 0 Å². The van der Waals surface area contributed by atoms with E-state index >= 15 is 0 Å². The molecule has 0 radical (unpaired) electrons. The Hall–Kier alpha value is -1.40. The first-order chi connectivity index (χ1) is 8.88. The van der Waals surface area contributed by atoms with Gasteiger partial charge >= 0.3 is 0 Å². The number of rotatable bonds is 3. The fraction of sp³-hybridized carbons (Fsp3) is 0.154. The van der Waals surface area contributed by atoms with E-state index in [0.717, 1.165) is 10.0 Å². The zero-order valence-corrected chi connectivity index (χ0v) is 12.7. The number of sulfone groups is 1. The van der Waals surface area contributed by atoms with Gasteiger partial charge in [0, 0.05) is 16.9 Å². The third-order valence-electron chi connectivity index (χ3n) is 2.60. The average molecular weight is 341 g/mol. The molecule has 1 heterocycles. The molecule has 19 heavy (non-hydrogen) atoms. The van der Waals surface area contributed by atoms with Crippen LogP contribution in [-0.2, 0) is 15.6 Å². The van der Waals surface area contributed by atoms with Crippen molar-refractivity contribution in [3.8, 4) is 0 Å². The number of hydrogen-bond acceptors (Lipinski definition) is 4. The van der Waals surface area contributed by atoms with E-state index in [2.05, 4.69) is 20.9 Å². The van der Waals surface area contributed by atoms with E-state index < -0.39 is 9.84 Å². The molecule has 0 saturated carbocycles. The summed E-state index contributed by atoms with van der Waals surface area (Å²) in [6, 6.07) is 6.57. The Morgan fingerprint density at radius 3 is 2.63 bits per heavy atom. The highest BCUT2D eigenvalue weighted by atomic mass is 79.9. The fourth-order valence-electron chi connectivity index (χ4n) is 1.80. The Kier molecular flexibility index (Phi) is 3.91. The van der Waals surface area contributed by atoms with Gasteiger partial charge in [0.1, 0.15) is 0 Å². The van der Waals surface area contributed by atoms with Gasteiger partial charge in [-0.25, -0.2) is 8.42 Å². The molecule has 0 amide bonds. The second-order valence-electron chi connectivity index (χ2n) is 4.31. The van der Waals surface area contributed by atoms with Crippen LogP contribution in [0.2, 0.25) is 0 Å². The van der Waals surface area contributed by atoms with Crippen LogP contribution in [0.5, 0.6) is 0 Å². The van der Waals surface area contributed by atoms with Crippen molar-refractivity contribution in [1.82, 2.24) is 4.98 Å². The van der Waals surface area contributed by atoms with E-state index in [0.29, 0.717) is 5.56 Å². The van der Waals surface area contributed by atoms with E-state index in [4.69, 9.17) is 5.73 Å². The van der Waals surface area contributed by atoms with Crippen molar-refractivity contribution < 1.29 is 8.42 Å². The van der Waals surface area contributed by atoms with Crippen molar-refractivity contribution in [2.24, 2.45) is 0 Å². The van der Waals surface area contributed by atoms with Crippen LogP contribution >= 0.6 is 15.9 Å². The molecule has 2 aromatic rings. The summed E-state index contributed by atoms with van der Waals surface area (Å²) in [7, 11) is -3.46. The third-order valence-corrected chi connectivity index (χ3v) is 4.84. The van der Waals surface area contributed by atoms with Crippen LogP contribution in [0.4, 0.5) is 5.69 Å². The lowest BCUT2D eigenvalue weighted by molar-refractivity contribution is 0.595. The van der Waals surface area contributed by atoms with Crippen LogP contribution in [0, 0.1) is 6.92 Å². The maximum absolute atomic E-state index is 12.3. The summed E-state index contributed by atoms with van der Waals surface area (Å²) in [5, 5.41) is 0. The molecule has 2 rings (SSSR count). The molecule has 0 aliphatic rings. The molecule has 0 spiro atoms. The first-order valence-corrected chi connectivity index (χ1v) is 8.01. The van der Waals surface area contributed by atoms with Crippen LogP contribution in [0.15, 0.2) is 46.0 Å². The van der Waals surface area contributed by atoms with Crippen molar-refractivity contribution in [2.45, 2.75) is 17.6 Å². The summed E-state index contributed by atoms with van der Waals surface area (Å²) >= 11 is 3.25. The molecule has 0 fully saturated rings. The summed E-state index contributed by atoms with van der Waals surface area (Å²) < 4.78 is 25.4. The number of nitrogens with two attached hydrogens (primary N) is 1. The molecule has 4 nitrogen and oxygen atoms in total. The Morgan fingerprint density at radius 2 is 2.00 bits per heavy atom. The molecule has 0 aliphatic heterocycles. The normalized spacial score (nSPS) is 11.5. The number of halogens is 1. The second kappa shape index (κ2) is 5.30. The topological polar surface area (TPSA) is 73.0 Å². The predicted octanol–water partition coefficient (Wildman–Crippen LogP) is 2.71. The number of aromatic nitrogens is 1. The monoisotopic (exact) mass is 340 g/mol. The number of nitrogen functional groups attached to an aromatic ring is 1. The van der Waals surface area contributed by atoms with Gasteiger partial charge in [0.05, 0.1) is 16.3 Å². The molecule has 6 heteroatoms. The zero-order chi connectivity index (χ0) is 14.0. The molecular weight excluding hydrogens is 328 g/mol. The highest BCUT2D eigenvalue weighted by Crippen LogP contribution is 2.25. The second-order valence-corrected chi connectivity index (χ2v) is 7.19. The highest BCUT2D eigenvalue weighted by molar-refractivity contribution is 9.10. The van der Waals surface area contributed by atoms with Gasteiger partial charge in [0.2, 0.25) is 0 Å². The minimum atomic E-state index is -3.46. The molecule has 1 aromatic carbocycles. The number of nitrogens with zero attached hydrogens (tertiary/aromatic N) is 1. The molecule has 0 unspecified atom stereocenters. The Balaban J connectivity index is 2.38. The summed E-state index contributed by atoms with van der Waals surface area (Å²) in [6.07, 6.45) is 3.24. The van der Waals surface area contributed by atoms with Crippen molar-refractivity contribution in [2.75, 3.05) is 5.73 Å². The van der Waals surface area contributed by atoms with E-state index in [9.17, 15) is 8.42 Å². The maximum atomic E-state index is 12.3. The Labute approximate surface area is 120 Å². The van der Waals surface area contributed by atoms with Crippen molar-refractivity contribution in [3.05, 3.63) is 52.3 Å². The van der Waals surface area contributed by atoms with E-state index in [1.807, 2.05) is 6.92 Å². The van der Waals surface area contributed by atoms with E-state index in [1.165, 1.54) is 6.07 Å². The SMILES string of the molecule is Cc1cncc(CS(=O)(=O)c2ccc(Br)cc2N)c1. The predicted molar refractivity (Wildman–Crippen MR) is 78.4 cm³/mol. The Bertz CT molecular complexity index is 714. The van der Waals surface area contributed by atoms with Crippen molar-refractivity contribution in [3.63, 3.8) is 0 Å². The zero-order valence-electron chi connectivity index (χ0n) is 10.3. The minimum absolute atomic E-state index is 0.104. The van der Waals surface area contributed by atoms with Crippen LogP contribution in [0.3, 0.4) is 0 Å². The number of pyridine rings is 1. The molecule has 0 bridgehead atoms. The molecule has 0 atom stereocenters. The standard InChI is InChI=1S/C13H13BrN2O2S/c1-9-4-10(7-16-6-9)8-19(17,18)13-3-2-11(14)5-12(13)15/h2-7H,8,15H2,1H3. The number of benzene rings is 1. The highest BCUT2D eigenvalue weighted by Gasteiger charge is 2.18. The molecule has 2 N–H and O–H groups in total. The van der Waals surface area contributed by atoms with Crippen LogP contribution in [0.1, 0.15) is 11.1 Å². The van der Waals surface area contributed by atoms with Gasteiger partial charge < -0.3 is 5.73 Å². The first-order valence-electron chi connectivity index (χ1n) is 5.57. The molecule has 0 saturated heterocycles. The molecule has 0 aliphatic carbocycles. The van der Waals surface area contributed by atoms with Crippen LogP contribution < -0.4 is 5.73 Å². The summed E-state index contributed by atoms with van der Waals surface area (Å²) in [4.78, 5) is 4.15.